The summed E-state index contributed by atoms with van der Waals surface area (Å²) in [6.07, 6.45) is 0. The lowest BCUT2D eigenvalue weighted by Crippen LogP contribution is -2.30. The summed E-state index contributed by atoms with van der Waals surface area (Å²) in [4.78, 5) is 11.5. The summed E-state index contributed by atoms with van der Waals surface area (Å²) in [6, 6.07) is 4.40. The van der Waals surface area contributed by atoms with Crippen molar-refractivity contribution in [3.8, 4) is 5.75 Å². The molecule has 0 bridgehead atoms. The van der Waals surface area contributed by atoms with E-state index in [2.05, 4.69) is 5.32 Å². The van der Waals surface area contributed by atoms with Gasteiger partial charge in [-0.05, 0) is 32.0 Å². The topological polar surface area (TPSA) is 49.3 Å². The summed E-state index contributed by atoms with van der Waals surface area (Å²) in [6.45, 7) is 3.69. The van der Waals surface area contributed by atoms with Crippen LogP contribution in [0.4, 0.5) is 0 Å². The molecule has 4 heteroatoms. The molecule has 0 heterocycles. The molecule has 1 rings (SSSR count). The molecule has 0 spiro atoms. The number of phenols is 1. The molecule has 0 aliphatic rings. The van der Waals surface area contributed by atoms with Crippen molar-refractivity contribution in [2.75, 3.05) is 0 Å². The Balaban J connectivity index is 2.94. The monoisotopic (exact) mass is 213 g/mol. The number of amides is 1. The molecule has 0 fully saturated rings. The van der Waals surface area contributed by atoms with E-state index in [4.69, 9.17) is 11.6 Å². The van der Waals surface area contributed by atoms with E-state index in [9.17, 15) is 9.90 Å². The van der Waals surface area contributed by atoms with E-state index in [1.54, 1.807) is 0 Å². The summed E-state index contributed by atoms with van der Waals surface area (Å²) in [5, 5.41) is 12.5. The molecular formula is C10H12ClNO2. The average molecular weight is 214 g/mol. The first kappa shape index (κ1) is 10.9. The minimum absolute atomic E-state index is 0.0286. The van der Waals surface area contributed by atoms with E-state index >= 15 is 0 Å². The SMILES string of the molecule is CC(C)NC(=O)c1cc(Cl)ccc1O. The van der Waals surface area contributed by atoms with Crippen LogP contribution in [0.15, 0.2) is 18.2 Å². The largest absolute Gasteiger partial charge is 0.507 e. The second-order valence-corrected chi connectivity index (χ2v) is 3.73. The Morgan fingerprint density at radius 1 is 1.50 bits per heavy atom. The minimum Gasteiger partial charge on any atom is -0.507 e. The van der Waals surface area contributed by atoms with Gasteiger partial charge >= 0.3 is 0 Å². The quantitative estimate of drug-likeness (QED) is 0.791. The molecule has 0 saturated carbocycles. The highest BCUT2D eigenvalue weighted by molar-refractivity contribution is 6.31. The van der Waals surface area contributed by atoms with Crippen molar-refractivity contribution >= 4 is 17.5 Å². The molecule has 2 N–H and O–H groups in total. The van der Waals surface area contributed by atoms with E-state index in [0.29, 0.717) is 5.02 Å². The second kappa shape index (κ2) is 4.33. The molecule has 3 nitrogen and oxygen atoms in total. The van der Waals surface area contributed by atoms with Crippen LogP contribution < -0.4 is 5.32 Å². The third-order valence-corrected chi connectivity index (χ3v) is 1.86. The number of benzene rings is 1. The smallest absolute Gasteiger partial charge is 0.255 e. The zero-order valence-corrected chi connectivity index (χ0v) is 8.80. The van der Waals surface area contributed by atoms with Crippen molar-refractivity contribution in [3.05, 3.63) is 28.8 Å². The highest BCUT2D eigenvalue weighted by Gasteiger charge is 2.11. The summed E-state index contributed by atoms with van der Waals surface area (Å²) < 4.78 is 0. The van der Waals surface area contributed by atoms with Crippen LogP contribution in [0, 0.1) is 0 Å². The van der Waals surface area contributed by atoms with Gasteiger partial charge in [0.25, 0.3) is 5.91 Å². The molecule has 0 aliphatic carbocycles. The van der Waals surface area contributed by atoms with Crippen molar-refractivity contribution in [2.24, 2.45) is 0 Å². The summed E-state index contributed by atoms with van der Waals surface area (Å²) >= 11 is 5.71. The van der Waals surface area contributed by atoms with Gasteiger partial charge < -0.3 is 10.4 Å². The zero-order valence-electron chi connectivity index (χ0n) is 8.04. The van der Waals surface area contributed by atoms with Gasteiger partial charge in [-0.15, -0.1) is 0 Å². The Morgan fingerprint density at radius 3 is 2.71 bits per heavy atom. The molecule has 1 aromatic rings. The molecule has 76 valence electrons. The molecule has 1 amide bonds. The zero-order chi connectivity index (χ0) is 10.7. The molecule has 0 aliphatic heterocycles. The Hall–Kier alpha value is -1.22. The van der Waals surface area contributed by atoms with E-state index < -0.39 is 0 Å². The molecule has 0 aromatic heterocycles. The highest BCUT2D eigenvalue weighted by Crippen LogP contribution is 2.21. The number of phenolic OH excluding ortho intramolecular Hbond substituents is 1. The number of hydrogen-bond donors (Lipinski definition) is 2. The average Bonchev–Trinajstić information content (AvgIpc) is 2.08. The fraction of sp³-hybridized carbons (Fsp3) is 0.300. The molecule has 14 heavy (non-hydrogen) atoms. The van der Waals surface area contributed by atoms with Gasteiger partial charge in [-0.3, -0.25) is 4.79 Å². The van der Waals surface area contributed by atoms with Crippen LogP contribution in [-0.2, 0) is 0 Å². The number of rotatable bonds is 2. The molecule has 0 saturated heterocycles. The van der Waals surface area contributed by atoms with Crippen LogP contribution in [-0.4, -0.2) is 17.1 Å². The third kappa shape index (κ3) is 2.64. The van der Waals surface area contributed by atoms with Gasteiger partial charge in [0.2, 0.25) is 0 Å². The van der Waals surface area contributed by atoms with Gasteiger partial charge in [0.15, 0.2) is 0 Å². The van der Waals surface area contributed by atoms with E-state index in [-0.39, 0.29) is 23.3 Å². The first-order valence-electron chi connectivity index (χ1n) is 4.30. The Kier molecular flexibility index (Phi) is 3.36. The van der Waals surface area contributed by atoms with Crippen molar-refractivity contribution in [3.63, 3.8) is 0 Å². The molecular weight excluding hydrogens is 202 g/mol. The van der Waals surface area contributed by atoms with Crippen LogP contribution in [0.1, 0.15) is 24.2 Å². The van der Waals surface area contributed by atoms with Gasteiger partial charge in [-0.1, -0.05) is 11.6 Å². The normalized spacial score (nSPS) is 10.3. The maximum Gasteiger partial charge on any atom is 0.255 e. The summed E-state index contributed by atoms with van der Waals surface area (Å²) in [5.41, 5.74) is 0.200. The molecule has 0 atom stereocenters. The maximum absolute atomic E-state index is 11.5. The van der Waals surface area contributed by atoms with Crippen LogP contribution in [0.5, 0.6) is 5.75 Å². The fourth-order valence-corrected chi connectivity index (χ4v) is 1.20. The third-order valence-electron chi connectivity index (χ3n) is 1.62. The Morgan fingerprint density at radius 2 is 2.14 bits per heavy atom. The predicted octanol–water partition coefficient (Wildman–Crippen LogP) is 2.18. The summed E-state index contributed by atoms with van der Waals surface area (Å²) in [5.74, 6) is -0.382. The van der Waals surface area contributed by atoms with Crippen molar-refractivity contribution in [2.45, 2.75) is 19.9 Å². The van der Waals surface area contributed by atoms with Crippen LogP contribution >= 0.6 is 11.6 Å². The highest BCUT2D eigenvalue weighted by atomic mass is 35.5. The fourth-order valence-electron chi connectivity index (χ4n) is 1.03. The van der Waals surface area contributed by atoms with E-state index in [1.807, 2.05) is 13.8 Å². The number of halogens is 1. The van der Waals surface area contributed by atoms with Crippen LogP contribution in [0.2, 0.25) is 5.02 Å². The first-order valence-corrected chi connectivity index (χ1v) is 4.68. The van der Waals surface area contributed by atoms with Gasteiger partial charge in [0.05, 0.1) is 5.56 Å². The van der Waals surface area contributed by atoms with Crippen LogP contribution in [0.3, 0.4) is 0 Å². The van der Waals surface area contributed by atoms with Crippen molar-refractivity contribution in [1.82, 2.24) is 5.32 Å². The molecule has 0 radical (unpaired) electrons. The number of aromatic hydroxyl groups is 1. The predicted molar refractivity (Wildman–Crippen MR) is 55.7 cm³/mol. The van der Waals surface area contributed by atoms with Gasteiger partial charge in [-0.25, -0.2) is 0 Å². The summed E-state index contributed by atoms with van der Waals surface area (Å²) in [7, 11) is 0. The van der Waals surface area contributed by atoms with Gasteiger partial charge in [0, 0.05) is 11.1 Å². The van der Waals surface area contributed by atoms with Gasteiger partial charge in [-0.2, -0.15) is 0 Å². The standard InChI is InChI=1S/C10H12ClNO2/c1-6(2)12-10(14)8-5-7(11)3-4-9(8)13/h3-6,13H,1-2H3,(H,12,14). The lowest BCUT2D eigenvalue weighted by atomic mass is 10.2. The number of hydrogen-bond acceptors (Lipinski definition) is 2. The number of carbonyl (C=O) groups excluding carboxylic acids is 1. The van der Waals surface area contributed by atoms with Crippen molar-refractivity contribution in [1.29, 1.82) is 0 Å². The molecule has 1 aromatic carbocycles. The Labute approximate surface area is 87.7 Å². The maximum atomic E-state index is 11.5. The number of nitrogens with one attached hydrogen (secondary N) is 1. The lowest BCUT2D eigenvalue weighted by molar-refractivity contribution is 0.0940. The van der Waals surface area contributed by atoms with Crippen molar-refractivity contribution < 1.29 is 9.90 Å². The first-order chi connectivity index (χ1) is 6.50. The Bertz CT molecular complexity index is 350. The van der Waals surface area contributed by atoms with Crippen LogP contribution in [0.25, 0.3) is 0 Å². The van der Waals surface area contributed by atoms with E-state index in [0.717, 1.165) is 0 Å². The molecule has 0 unspecified atom stereocenters. The van der Waals surface area contributed by atoms with Gasteiger partial charge in [0.1, 0.15) is 5.75 Å². The number of carbonyl (C=O) groups is 1. The second-order valence-electron chi connectivity index (χ2n) is 3.29. The van der Waals surface area contributed by atoms with E-state index in [1.165, 1.54) is 18.2 Å². The minimum atomic E-state index is -0.319. The lowest BCUT2D eigenvalue weighted by Gasteiger charge is -2.09.